The second-order valence-corrected chi connectivity index (χ2v) is 4.45. The van der Waals surface area contributed by atoms with Gasteiger partial charge in [0.2, 0.25) is 0 Å². The van der Waals surface area contributed by atoms with E-state index < -0.39 is 0 Å². The van der Waals surface area contributed by atoms with Gasteiger partial charge < -0.3 is 4.74 Å². The molecule has 0 amide bonds. The summed E-state index contributed by atoms with van der Waals surface area (Å²) in [5, 5.41) is 0. The van der Waals surface area contributed by atoms with Gasteiger partial charge in [0.15, 0.2) is 0 Å². The third kappa shape index (κ3) is 5.67. The zero-order chi connectivity index (χ0) is 13.2. The van der Waals surface area contributed by atoms with E-state index in [4.69, 9.17) is 4.74 Å². The Morgan fingerprint density at radius 2 is 2.06 bits per heavy atom. The minimum atomic E-state index is -0.162. The number of allylic oxidation sites excluding steroid dienone is 1. The standard InChI is InChI=1S/C16H22O2/c1-3-4-5-7-10-14(2)16(17)18-13-15-11-8-6-9-12-15/h6-12,14H,3-5,13H2,1-2H3. The first-order valence-electron chi connectivity index (χ1n) is 6.61. The molecule has 0 aromatic heterocycles. The van der Waals surface area contributed by atoms with Crippen molar-refractivity contribution in [1.82, 2.24) is 0 Å². The largest absolute Gasteiger partial charge is 0.460 e. The average molecular weight is 246 g/mol. The number of esters is 1. The lowest BCUT2D eigenvalue weighted by atomic mass is 10.1. The van der Waals surface area contributed by atoms with Crippen LogP contribution >= 0.6 is 0 Å². The normalized spacial score (nSPS) is 12.6. The van der Waals surface area contributed by atoms with Gasteiger partial charge in [0.1, 0.15) is 6.61 Å². The number of ether oxygens (including phenoxy) is 1. The summed E-state index contributed by atoms with van der Waals surface area (Å²) in [4.78, 5) is 11.7. The van der Waals surface area contributed by atoms with Crippen LogP contribution in [0, 0.1) is 5.92 Å². The summed E-state index contributed by atoms with van der Waals surface area (Å²) in [5.41, 5.74) is 1.02. The van der Waals surface area contributed by atoms with Crippen molar-refractivity contribution in [1.29, 1.82) is 0 Å². The fourth-order valence-electron chi connectivity index (χ4n) is 1.56. The molecule has 1 aromatic carbocycles. The van der Waals surface area contributed by atoms with Crippen LogP contribution in [0.2, 0.25) is 0 Å². The molecule has 1 aromatic rings. The molecule has 0 heterocycles. The molecule has 2 heteroatoms. The maximum Gasteiger partial charge on any atom is 0.312 e. The number of carbonyl (C=O) groups is 1. The van der Waals surface area contributed by atoms with Gasteiger partial charge in [0.05, 0.1) is 5.92 Å². The molecule has 0 saturated carbocycles. The van der Waals surface area contributed by atoms with Crippen LogP contribution in [0.5, 0.6) is 0 Å². The minimum absolute atomic E-state index is 0.161. The third-order valence-corrected chi connectivity index (χ3v) is 2.74. The lowest BCUT2D eigenvalue weighted by Crippen LogP contribution is -2.12. The van der Waals surface area contributed by atoms with Crippen molar-refractivity contribution in [2.75, 3.05) is 0 Å². The summed E-state index contributed by atoms with van der Waals surface area (Å²) in [7, 11) is 0. The Morgan fingerprint density at radius 1 is 1.33 bits per heavy atom. The second-order valence-electron chi connectivity index (χ2n) is 4.45. The zero-order valence-corrected chi connectivity index (χ0v) is 11.3. The van der Waals surface area contributed by atoms with Crippen LogP contribution in [-0.2, 0) is 16.1 Å². The molecule has 0 radical (unpaired) electrons. The van der Waals surface area contributed by atoms with Gasteiger partial charge in [-0.1, -0.05) is 62.2 Å². The van der Waals surface area contributed by atoms with E-state index in [-0.39, 0.29) is 11.9 Å². The average Bonchev–Trinajstić information content (AvgIpc) is 2.42. The van der Waals surface area contributed by atoms with E-state index >= 15 is 0 Å². The molecule has 1 rings (SSSR count). The van der Waals surface area contributed by atoms with E-state index in [9.17, 15) is 4.79 Å². The van der Waals surface area contributed by atoms with E-state index in [1.54, 1.807) is 0 Å². The Morgan fingerprint density at radius 3 is 2.72 bits per heavy atom. The minimum Gasteiger partial charge on any atom is -0.460 e. The number of rotatable bonds is 7. The van der Waals surface area contributed by atoms with Crippen molar-refractivity contribution < 1.29 is 9.53 Å². The maximum atomic E-state index is 11.7. The van der Waals surface area contributed by atoms with E-state index in [1.165, 1.54) is 12.8 Å². The fraction of sp³-hybridized carbons (Fsp3) is 0.438. The predicted molar refractivity (Wildman–Crippen MR) is 74.1 cm³/mol. The van der Waals surface area contributed by atoms with Gasteiger partial charge >= 0.3 is 5.97 Å². The summed E-state index contributed by atoms with van der Waals surface area (Å²) >= 11 is 0. The van der Waals surface area contributed by atoms with Crippen LogP contribution in [0.3, 0.4) is 0 Å². The van der Waals surface area contributed by atoms with Crippen molar-refractivity contribution in [3.63, 3.8) is 0 Å². The molecule has 0 N–H and O–H groups in total. The van der Waals surface area contributed by atoms with E-state index in [1.807, 2.05) is 43.3 Å². The van der Waals surface area contributed by atoms with Crippen LogP contribution < -0.4 is 0 Å². The van der Waals surface area contributed by atoms with Gasteiger partial charge in [0.25, 0.3) is 0 Å². The van der Waals surface area contributed by atoms with Crippen molar-refractivity contribution in [2.24, 2.45) is 5.92 Å². The molecule has 1 unspecified atom stereocenters. The Kier molecular flexibility index (Phi) is 6.85. The van der Waals surface area contributed by atoms with Gasteiger partial charge in [-0.15, -0.1) is 0 Å². The van der Waals surface area contributed by atoms with Gasteiger partial charge in [0, 0.05) is 0 Å². The van der Waals surface area contributed by atoms with Gasteiger partial charge in [-0.05, 0) is 18.9 Å². The second kappa shape index (κ2) is 8.51. The Bertz CT molecular complexity index is 368. The number of hydrogen-bond donors (Lipinski definition) is 0. The quantitative estimate of drug-likeness (QED) is 0.411. The van der Waals surface area contributed by atoms with E-state index in [0.717, 1.165) is 12.0 Å². The highest BCUT2D eigenvalue weighted by Crippen LogP contribution is 2.07. The summed E-state index contributed by atoms with van der Waals surface area (Å²) < 4.78 is 5.26. The molecular weight excluding hydrogens is 224 g/mol. The van der Waals surface area contributed by atoms with Crippen LogP contribution in [0.15, 0.2) is 42.5 Å². The molecule has 2 nitrogen and oxygen atoms in total. The topological polar surface area (TPSA) is 26.3 Å². The number of hydrogen-bond acceptors (Lipinski definition) is 2. The molecule has 0 fully saturated rings. The highest BCUT2D eigenvalue weighted by molar-refractivity contribution is 5.73. The molecule has 0 aliphatic rings. The van der Waals surface area contributed by atoms with Crippen LogP contribution in [-0.4, -0.2) is 5.97 Å². The molecule has 18 heavy (non-hydrogen) atoms. The summed E-state index contributed by atoms with van der Waals surface area (Å²) in [6.45, 7) is 4.38. The summed E-state index contributed by atoms with van der Waals surface area (Å²) in [5.74, 6) is -0.322. The Hall–Kier alpha value is -1.57. The first-order valence-corrected chi connectivity index (χ1v) is 6.61. The fourth-order valence-corrected chi connectivity index (χ4v) is 1.56. The van der Waals surface area contributed by atoms with Crippen LogP contribution in [0.1, 0.15) is 38.7 Å². The number of benzene rings is 1. The first kappa shape index (κ1) is 14.5. The summed E-state index contributed by atoms with van der Waals surface area (Å²) in [6, 6.07) is 9.74. The van der Waals surface area contributed by atoms with Crippen LogP contribution in [0.4, 0.5) is 0 Å². The molecular formula is C16H22O2. The molecule has 0 spiro atoms. The lowest BCUT2D eigenvalue weighted by Gasteiger charge is -2.07. The lowest BCUT2D eigenvalue weighted by molar-refractivity contribution is -0.147. The molecule has 0 saturated heterocycles. The van der Waals surface area contributed by atoms with Gasteiger partial charge in [-0.25, -0.2) is 0 Å². The molecule has 0 aliphatic heterocycles. The zero-order valence-electron chi connectivity index (χ0n) is 11.3. The van der Waals surface area contributed by atoms with Crippen molar-refractivity contribution in [2.45, 2.75) is 39.7 Å². The van der Waals surface area contributed by atoms with Gasteiger partial charge in [-0.3, -0.25) is 4.79 Å². The highest BCUT2D eigenvalue weighted by atomic mass is 16.5. The molecule has 0 aliphatic carbocycles. The van der Waals surface area contributed by atoms with Crippen molar-refractivity contribution >= 4 is 5.97 Å². The molecule has 1 atom stereocenters. The maximum absolute atomic E-state index is 11.7. The van der Waals surface area contributed by atoms with Crippen LogP contribution in [0.25, 0.3) is 0 Å². The molecule has 98 valence electrons. The van der Waals surface area contributed by atoms with Gasteiger partial charge in [-0.2, -0.15) is 0 Å². The van der Waals surface area contributed by atoms with Crippen molar-refractivity contribution in [3.05, 3.63) is 48.0 Å². The Balaban J connectivity index is 2.29. The first-order chi connectivity index (χ1) is 8.74. The highest BCUT2D eigenvalue weighted by Gasteiger charge is 2.10. The van der Waals surface area contributed by atoms with Crippen molar-refractivity contribution in [3.8, 4) is 0 Å². The smallest absolute Gasteiger partial charge is 0.312 e. The monoisotopic (exact) mass is 246 g/mol. The SMILES string of the molecule is CCCCC=CC(C)C(=O)OCc1ccccc1. The number of unbranched alkanes of at least 4 members (excludes halogenated alkanes) is 2. The number of carbonyl (C=O) groups excluding carboxylic acids is 1. The molecule has 0 bridgehead atoms. The predicted octanol–water partition coefficient (Wildman–Crippen LogP) is 4.11. The van der Waals surface area contributed by atoms with E-state index in [0.29, 0.717) is 6.61 Å². The van der Waals surface area contributed by atoms with E-state index in [2.05, 4.69) is 13.0 Å². The summed E-state index contributed by atoms with van der Waals surface area (Å²) in [6.07, 6.45) is 7.38. The third-order valence-electron chi connectivity index (χ3n) is 2.74. The Labute approximate surface area is 110 Å².